The van der Waals surface area contributed by atoms with Gasteiger partial charge in [0.1, 0.15) is 0 Å². The van der Waals surface area contributed by atoms with Gasteiger partial charge in [-0.3, -0.25) is 15.6 Å². The van der Waals surface area contributed by atoms with Crippen molar-refractivity contribution in [1.82, 2.24) is 16.2 Å². The van der Waals surface area contributed by atoms with Crippen LogP contribution in [0.3, 0.4) is 0 Å². The maximum Gasteiger partial charge on any atom is 0.279 e. The minimum atomic E-state index is -0.266. The second-order valence-corrected chi connectivity index (χ2v) is 6.15. The van der Waals surface area contributed by atoms with E-state index in [-0.39, 0.29) is 12.0 Å². The smallest absolute Gasteiger partial charge is 0.279 e. The van der Waals surface area contributed by atoms with Crippen LogP contribution in [-0.4, -0.2) is 30.3 Å². The van der Waals surface area contributed by atoms with Gasteiger partial charge in [-0.1, -0.05) is 11.6 Å². The molecule has 2 rings (SSSR count). The van der Waals surface area contributed by atoms with Crippen LogP contribution in [0.4, 0.5) is 0 Å². The summed E-state index contributed by atoms with van der Waals surface area (Å²) in [7, 11) is 0. The Balaban J connectivity index is 1.66. The van der Waals surface area contributed by atoms with Crippen LogP contribution in [-0.2, 0) is 4.74 Å². The number of carbonyl (C=O) groups excluding carboxylic acids is 1. The maximum absolute atomic E-state index is 11.7. The molecular formula is C11H14ClN3O2S2. The van der Waals surface area contributed by atoms with Crippen LogP contribution in [0.15, 0.2) is 12.1 Å². The molecule has 1 atom stereocenters. The number of thiocarbonyl (C=S) groups is 1. The van der Waals surface area contributed by atoms with Crippen LogP contribution in [0.2, 0.25) is 4.34 Å². The first kappa shape index (κ1) is 14.5. The summed E-state index contributed by atoms with van der Waals surface area (Å²) in [6.45, 7) is 1.45. The minimum Gasteiger partial charge on any atom is -0.376 e. The van der Waals surface area contributed by atoms with Crippen LogP contribution < -0.4 is 16.2 Å². The Labute approximate surface area is 125 Å². The summed E-state index contributed by atoms with van der Waals surface area (Å²) in [4.78, 5) is 12.2. The highest BCUT2D eigenvalue weighted by atomic mass is 35.5. The molecule has 104 valence electrons. The van der Waals surface area contributed by atoms with Gasteiger partial charge < -0.3 is 10.1 Å². The molecule has 0 spiro atoms. The van der Waals surface area contributed by atoms with Gasteiger partial charge in [0.2, 0.25) is 0 Å². The van der Waals surface area contributed by atoms with E-state index in [9.17, 15) is 4.79 Å². The summed E-state index contributed by atoms with van der Waals surface area (Å²) in [6, 6.07) is 3.34. The summed E-state index contributed by atoms with van der Waals surface area (Å²) in [5.74, 6) is -0.266. The lowest BCUT2D eigenvalue weighted by atomic mass is 10.2. The average Bonchev–Trinajstić information content (AvgIpc) is 3.04. The number of amides is 1. The second-order valence-electron chi connectivity index (χ2n) is 4.03. The van der Waals surface area contributed by atoms with Crippen LogP contribution in [0.5, 0.6) is 0 Å². The molecule has 1 aromatic heterocycles. The van der Waals surface area contributed by atoms with E-state index in [1.54, 1.807) is 12.1 Å². The number of hydrogen-bond acceptors (Lipinski definition) is 4. The zero-order valence-electron chi connectivity index (χ0n) is 10.1. The van der Waals surface area contributed by atoms with Gasteiger partial charge in [-0.05, 0) is 37.2 Å². The third-order valence-corrected chi connectivity index (χ3v) is 4.08. The molecule has 5 nitrogen and oxygen atoms in total. The zero-order valence-corrected chi connectivity index (χ0v) is 12.5. The molecule has 1 aromatic rings. The number of thiophene rings is 1. The van der Waals surface area contributed by atoms with E-state index in [2.05, 4.69) is 16.2 Å². The first-order valence-electron chi connectivity index (χ1n) is 5.86. The van der Waals surface area contributed by atoms with E-state index in [4.69, 9.17) is 28.6 Å². The van der Waals surface area contributed by atoms with Crippen LogP contribution >= 0.6 is 35.2 Å². The molecule has 1 amide bonds. The molecule has 0 aliphatic carbocycles. The van der Waals surface area contributed by atoms with E-state index in [0.29, 0.717) is 20.9 Å². The maximum atomic E-state index is 11.7. The predicted molar refractivity (Wildman–Crippen MR) is 79.5 cm³/mol. The van der Waals surface area contributed by atoms with Crippen LogP contribution in [0, 0.1) is 0 Å². The number of carbonyl (C=O) groups is 1. The molecule has 0 radical (unpaired) electrons. The summed E-state index contributed by atoms with van der Waals surface area (Å²) >= 11 is 12.0. The van der Waals surface area contributed by atoms with Gasteiger partial charge in [0.15, 0.2) is 5.11 Å². The topological polar surface area (TPSA) is 62.4 Å². The van der Waals surface area contributed by atoms with Crippen molar-refractivity contribution in [2.75, 3.05) is 13.2 Å². The van der Waals surface area contributed by atoms with Crippen LogP contribution in [0.25, 0.3) is 0 Å². The molecule has 8 heteroatoms. The fourth-order valence-electron chi connectivity index (χ4n) is 1.67. The minimum absolute atomic E-state index is 0.201. The van der Waals surface area contributed by atoms with E-state index in [0.717, 1.165) is 19.4 Å². The molecule has 19 heavy (non-hydrogen) atoms. The first-order chi connectivity index (χ1) is 9.15. The van der Waals surface area contributed by atoms with Gasteiger partial charge in [0.05, 0.1) is 15.3 Å². The number of halogens is 1. The Morgan fingerprint density at radius 2 is 2.37 bits per heavy atom. The molecule has 1 aliphatic heterocycles. The number of hydrogen-bond donors (Lipinski definition) is 3. The summed E-state index contributed by atoms with van der Waals surface area (Å²) in [5.41, 5.74) is 5.15. The van der Waals surface area contributed by atoms with Crippen LogP contribution in [0.1, 0.15) is 22.5 Å². The molecule has 1 unspecified atom stereocenters. The van der Waals surface area contributed by atoms with Crippen molar-refractivity contribution >= 4 is 46.2 Å². The zero-order chi connectivity index (χ0) is 13.7. The van der Waals surface area contributed by atoms with Crippen molar-refractivity contribution in [3.8, 4) is 0 Å². The number of rotatable bonds is 3. The van der Waals surface area contributed by atoms with Crippen molar-refractivity contribution in [3.63, 3.8) is 0 Å². The van der Waals surface area contributed by atoms with E-state index in [1.807, 2.05) is 0 Å². The van der Waals surface area contributed by atoms with Gasteiger partial charge in [0, 0.05) is 13.2 Å². The Morgan fingerprint density at radius 1 is 1.53 bits per heavy atom. The lowest BCUT2D eigenvalue weighted by molar-refractivity contribution is 0.0947. The third-order valence-electron chi connectivity index (χ3n) is 2.60. The first-order valence-corrected chi connectivity index (χ1v) is 7.46. The summed E-state index contributed by atoms with van der Waals surface area (Å²) in [6.07, 6.45) is 2.32. The number of hydrazine groups is 1. The van der Waals surface area contributed by atoms with Gasteiger partial charge in [-0.15, -0.1) is 11.3 Å². The predicted octanol–water partition coefficient (Wildman–Crippen LogP) is 1.69. The number of ether oxygens (including phenoxy) is 1. The Hall–Kier alpha value is -0.890. The highest BCUT2D eigenvalue weighted by Crippen LogP contribution is 2.20. The van der Waals surface area contributed by atoms with Gasteiger partial charge >= 0.3 is 0 Å². The molecule has 1 fully saturated rings. The second kappa shape index (κ2) is 7.04. The van der Waals surface area contributed by atoms with Gasteiger partial charge in [-0.25, -0.2) is 0 Å². The monoisotopic (exact) mass is 319 g/mol. The molecule has 0 aromatic carbocycles. The Bertz CT molecular complexity index is 461. The Morgan fingerprint density at radius 3 is 3.00 bits per heavy atom. The van der Waals surface area contributed by atoms with Crippen molar-refractivity contribution in [2.45, 2.75) is 18.9 Å². The lowest BCUT2D eigenvalue weighted by Gasteiger charge is -2.14. The molecule has 1 aliphatic rings. The Kier molecular flexibility index (Phi) is 5.38. The highest BCUT2D eigenvalue weighted by Gasteiger charge is 2.15. The molecular weight excluding hydrogens is 306 g/mol. The highest BCUT2D eigenvalue weighted by molar-refractivity contribution is 7.80. The van der Waals surface area contributed by atoms with Crippen molar-refractivity contribution < 1.29 is 9.53 Å². The van der Waals surface area contributed by atoms with E-state index in [1.165, 1.54) is 11.3 Å². The van der Waals surface area contributed by atoms with E-state index >= 15 is 0 Å². The van der Waals surface area contributed by atoms with Crippen molar-refractivity contribution in [1.29, 1.82) is 0 Å². The normalized spacial score (nSPS) is 18.1. The standard InChI is InChI=1S/C11H14ClN3O2S2/c12-9-4-3-8(19-9)10(16)14-15-11(18)13-6-7-2-1-5-17-7/h3-4,7H,1-2,5-6H2,(H,14,16)(H2,13,15,18). The van der Waals surface area contributed by atoms with E-state index < -0.39 is 0 Å². The summed E-state index contributed by atoms with van der Waals surface area (Å²) in [5, 5.41) is 3.36. The SMILES string of the molecule is O=C(NNC(=S)NCC1CCCO1)c1ccc(Cl)s1. The summed E-state index contributed by atoms with van der Waals surface area (Å²) < 4.78 is 6.02. The third kappa shape index (κ3) is 4.61. The molecule has 2 heterocycles. The van der Waals surface area contributed by atoms with Crippen molar-refractivity contribution in [3.05, 3.63) is 21.3 Å². The molecule has 0 bridgehead atoms. The van der Waals surface area contributed by atoms with Gasteiger partial charge in [-0.2, -0.15) is 0 Å². The van der Waals surface area contributed by atoms with Gasteiger partial charge in [0.25, 0.3) is 5.91 Å². The number of nitrogens with one attached hydrogen (secondary N) is 3. The van der Waals surface area contributed by atoms with Crippen molar-refractivity contribution in [2.24, 2.45) is 0 Å². The lowest BCUT2D eigenvalue weighted by Crippen LogP contribution is -2.48. The molecule has 0 saturated carbocycles. The quantitative estimate of drug-likeness (QED) is 0.584. The molecule has 1 saturated heterocycles. The fourth-order valence-corrected chi connectivity index (χ4v) is 2.74. The largest absolute Gasteiger partial charge is 0.376 e. The fraction of sp³-hybridized carbons (Fsp3) is 0.455. The average molecular weight is 320 g/mol. The molecule has 3 N–H and O–H groups in total.